The summed E-state index contributed by atoms with van der Waals surface area (Å²) < 4.78 is 20.6. The minimum atomic E-state index is -0.303. The molecule has 1 aliphatic carbocycles. The summed E-state index contributed by atoms with van der Waals surface area (Å²) >= 11 is 0. The van der Waals surface area contributed by atoms with Gasteiger partial charge in [0, 0.05) is 60.1 Å². The zero-order valence-corrected chi connectivity index (χ0v) is 23.2. The number of benzene rings is 2. The maximum Gasteiger partial charge on any atom is 0.256 e. The van der Waals surface area contributed by atoms with Gasteiger partial charge in [-0.1, -0.05) is 35.5 Å². The van der Waals surface area contributed by atoms with E-state index in [0.29, 0.717) is 23.5 Å². The van der Waals surface area contributed by atoms with E-state index in [9.17, 15) is 9.18 Å². The van der Waals surface area contributed by atoms with Crippen LogP contribution in [0.15, 0.2) is 57.8 Å². The Labute approximate surface area is 234 Å². The van der Waals surface area contributed by atoms with Crippen molar-refractivity contribution in [2.75, 3.05) is 19.6 Å². The Morgan fingerprint density at radius 1 is 1.07 bits per heavy atom. The van der Waals surface area contributed by atoms with Gasteiger partial charge in [-0.15, -0.1) is 0 Å². The second-order valence-corrected chi connectivity index (χ2v) is 11.5. The average molecular weight is 544 g/mol. The minimum Gasteiger partial charge on any atom is -0.356 e. The van der Waals surface area contributed by atoms with Crippen molar-refractivity contribution in [1.29, 1.82) is 0 Å². The van der Waals surface area contributed by atoms with Crippen LogP contribution in [0.4, 0.5) is 4.39 Å². The van der Waals surface area contributed by atoms with Crippen molar-refractivity contribution in [2.24, 2.45) is 5.73 Å². The third-order valence-corrected chi connectivity index (χ3v) is 8.76. The van der Waals surface area contributed by atoms with Crippen LogP contribution in [-0.4, -0.2) is 45.3 Å². The van der Waals surface area contributed by atoms with Crippen LogP contribution in [0.5, 0.6) is 0 Å². The first kappa shape index (κ1) is 26.8. The van der Waals surface area contributed by atoms with Gasteiger partial charge in [0.2, 0.25) is 0 Å². The molecule has 1 saturated carbocycles. The monoisotopic (exact) mass is 543 g/mol. The maximum absolute atomic E-state index is 13.4. The molecule has 4 aromatic rings. The van der Waals surface area contributed by atoms with Crippen LogP contribution in [0.3, 0.4) is 0 Å². The van der Waals surface area contributed by atoms with Crippen LogP contribution >= 0.6 is 0 Å². The topological polar surface area (TPSA) is 90.2 Å². The zero-order valence-electron chi connectivity index (χ0n) is 23.2. The van der Waals surface area contributed by atoms with Crippen LogP contribution in [0.25, 0.3) is 11.0 Å². The molecule has 0 radical (unpaired) electrons. The summed E-state index contributed by atoms with van der Waals surface area (Å²) in [7, 11) is 0. The van der Waals surface area contributed by atoms with Crippen molar-refractivity contribution in [2.45, 2.75) is 76.3 Å². The highest BCUT2D eigenvalue weighted by molar-refractivity contribution is 5.79. The first-order valence-corrected chi connectivity index (χ1v) is 14.6. The highest BCUT2D eigenvalue weighted by atomic mass is 19.1. The van der Waals surface area contributed by atoms with Gasteiger partial charge < -0.3 is 15.2 Å². The fourth-order valence-electron chi connectivity index (χ4n) is 6.24. The molecule has 2 aromatic heterocycles. The molecule has 8 heteroatoms. The smallest absolute Gasteiger partial charge is 0.256 e. The predicted octanol–water partition coefficient (Wildman–Crippen LogP) is 5.09. The molecule has 40 heavy (non-hydrogen) atoms. The Hall–Kier alpha value is -3.36. The van der Waals surface area contributed by atoms with Gasteiger partial charge in [0.25, 0.3) is 5.56 Å². The van der Waals surface area contributed by atoms with Crippen LogP contribution in [0, 0.1) is 12.7 Å². The third-order valence-electron chi connectivity index (χ3n) is 8.76. The van der Waals surface area contributed by atoms with Crippen molar-refractivity contribution in [3.05, 3.63) is 93.0 Å². The van der Waals surface area contributed by atoms with Crippen LogP contribution < -0.4 is 11.3 Å². The Morgan fingerprint density at radius 3 is 2.60 bits per heavy atom. The van der Waals surface area contributed by atoms with Crippen LogP contribution in [0.2, 0.25) is 0 Å². The molecule has 4 heterocycles. The maximum atomic E-state index is 13.4. The van der Waals surface area contributed by atoms with Crippen LogP contribution in [0.1, 0.15) is 72.3 Å². The number of aryl methyl sites for hydroxylation is 2. The van der Waals surface area contributed by atoms with E-state index in [1.165, 1.54) is 24.1 Å². The lowest BCUT2D eigenvalue weighted by molar-refractivity contribution is 0.211. The summed E-state index contributed by atoms with van der Waals surface area (Å²) in [5.41, 5.74) is 10.5. The van der Waals surface area contributed by atoms with Crippen LogP contribution in [-0.2, 0) is 19.4 Å². The molecule has 0 amide bonds. The number of hydrogen-bond donors (Lipinski definition) is 1. The van der Waals surface area contributed by atoms with Crippen molar-refractivity contribution >= 4 is 11.0 Å². The van der Waals surface area contributed by atoms with E-state index in [0.717, 1.165) is 92.9 Å². The number of fused-ring (bicyclic) bond motifs is 2. The highest BCUT2D eigenvalue weighted by Gasteiger charge is 2.34. The van der Waals surface area contributed by atoms with Gasteiger partial charge in [-0.25, -0.2) is 9.37 Å². The Balaban J connectivity index is 0.000000242. The number of aromatic nitrogens is 3. The van der Waals surface area contributed by atoms with Crippen molar-refractivity contribution in [1.82, 2.24) is 19.6 Å². The Bertz CT molecular complexity index is 1520. The molecule has 2 N–H and O–H groups in total. The summed E-state index contributed by atoms with van der Waals surface area (Å²) in [5, 5.41) is 5.15. The molecule has 2 atom stereocenters. The molecule has 0 bridgehead atoms. The molecule has 210 valence electrons. The molecular formula is C32H38FN5O2. The van der Waals surface area contributed by atoms with Crippen molar-refractivity contribution in [3.8, 4) is 0 Å². The largest absolute Gasteiger partial charge is 0.356 e. The Morgan fingerprint density at radius 2 is 1.85 bits per heavy atom. The predicted molar refractivity (Wildman–Crippen MR) is 154 cm³/mol. The summed E-state index contributed by atoms with van der Waals surface area (Å²) in [6, 6.07) is 15.5. The van der Waals surface area contributed by atoms with Gasteiger partial charge in [0.05, 0.1) is 5.69 Å². The molecular weight excluding hydrogens is 505 g/mol. The lowest BCUT2D eigenvalue weighted by atomic mass is 9.91. The number of hydrogen-bond acceptors (Lipinski definition) is 6. The fraction of sp³-hybridized carbons (Fsp3) is 0.469. The van der Waals surface area contributed by atoms with Gasteiger partial charge >= 0.3 is 0 Å². The molecule has 3 aliphatic rings. The lowest BCUT2D eigenvalue weighted by Gasteiger charge is -2.31. The number of piperidine rings is 1. The third kappa shape index (κ3) is 5.74. The quantitative estimate of drug-likeness (QED) is 0.377. The van der Waals surface area contributed by atoms with Crippen molar-refractivity contribution < 1.29 is 8.91 Å². The zero-order chi connectivity index (χ0) is 27.6. The van der Waals surface area contributed by atoms with Crippen molar-refractivity contribution in [3.63, 3.8) is 0 Å². The molecule has 7 nitrogen and oxygen atoms in total. The van der Waals surface area contributed by atoms with E-state index >= 15 is 0 Å². The van der Waals surface area contributed by atoms with E-state index in [1.807, 2.05) is 17.6 Å². The second-order valence-electron chi connectivity index (χ2n) is 11.5. The van der Waals surface area contributed by atoms with E-state index in [2.05, 4.69) is 34.3 Å². The fourth-order valence-corrected chi connectivity index (χ4v) is 6.24. The standard InChI is InChI=1S/C23H27FN4O2.C9H11N/c1-15-18(23(29)28-10-3-2-4-21(28)25-15)9-13-27-11-7-16(8-12-27)22-19-6-5-17(24)14-20(19)30-26-22;10-9-6-8(9)7-4-2-1-3-5-7/h5-6,14,16H,2-4,7-13H2,1H3;1-5,8-9H,6,10H2/t;8-,9+/m.0/s1. The molecule has 2 aliphatic heterocycles. The molecule has 0 spiro atoms. The second kappa shape index (κ2) is 11.6. The Kier molecular flexibility index (Phi) is 7.80. The van der Waals surface area contributed by atoms with E-state index in [4.69, 9.17) is 15.2 Å². The molecule has 0 unspecified atom stereocenters. The number of likely N-dealkylation sites (tertiary alicyclic amines) is 1. The average Bonchev–Trinajstić information content (AvgIpc) is 3.57. The summed E-state index contributed by atoms with van der Waals surface area (Å²) in [4.78, 5) is 20.1. The van der Waals surface area contributed by atoms with E-state index in [-0.39, 0.29) is 11.4 Å². The summed E-state index contributed by atoms with van der Waals surface area (Å²) in [6.45, 7) is 5.55. The molecule has 2 aromatic carbocycles. The van der Waals surface area contributed by atoms with E-state index in [1.54, 1.807) is 6.07 Å². The number of nitrogens with two attached hydrogens (primary N) is 1. The minimum absolute atomic E-state index is 0.161. The molecule has 1 saturated heterocycles. The van der Waals surface area contributed by atoms with Gasteiger partial charge in [-0.05, 0) is 76.2 Å². The number of halogens is 1. The lowest BCUT2D eigenvalue weighted by Crippen LogP contribution is -2.37. The summed E-state index contributed by atoms with van der Waals surface area (Å²) in [5.74, 6) is 1.63. The highest BCUT2D eigenvalue weighted by Crippen LogP contribution is 2.38. The first-order valence-electron chi connectivity index (χ1n) is 14.6. The normalized spacial score (nSPS) is 21.1. The molecule has 2 fully saturated rings. The SMILES string of the molecule is Cc1nc2n(c(=O)c1CCN1CCC(c3noc4cc(F)ccc34)CC1)CCCC2.N[C@@H]1C[C@H]1c1ccccc1. The van der Waals surface area contributed by atoms with Gasteiger partial charge in [0.15, 0.2) is 5.58 Å². The van der Waals surface area contributed by atoms with Gasteiger partial charge in [-0.2, -0.15) is 0 Å². The number of rotatable bonds is 5. The molecule has 7 rings (SSSR count). The number of nitrogens with zero attached hydrogens (tertiary/aromatic N) is 4. The van der Waals surface area contributed by atoms with E-state index < -0.39 is 0 Å². The van der Waals surface area contributed by atoms with Gasteiger partial charge in [-0.3, -0.25) is 9.36 Å². The first-order chi connectivity index (χ1) is 19.5. The summed E-state index contributed by atoms with van der Waals surface area (Å²) in [6.07, 6.45) is 6.98. The van der Waals surface area contributed by atoms with Gasteiger partial charge in [0.1, 0.15) is 11.6 Å².